The lowest BCUT2D eigenvalue weighted by Gasteiger charge is -2.07. The molecule has 0 saturated heterocycles. The number of aryl methyl sites for hydroxylation is 2. The number of fused-ring (bicyclic) bond motifs is 1. The predicted molar refractivity (Wildman–Crippen MR) is 60.5 cm³/mol. The first-order valence-electron chi connectivity index (χ1n) is 4.94. The lowest BCUT2D eigenvalue weighted by atomic mass is 10.0. The molecule has 82 valence electrons. The molecule has 2 N–H and O–H groups in total. The van der Waals surface area contributed by atoms with Gasteiger partial charge in [-0.3, -0.25) is 15.0 Å². The molecule has 4 nitrogen and oxygen atoms in total. The summed E-state index contributed by atoms with van der Waals surface area (Å²) in [5.41, 5.74) is 4.92. The molecule has 4 heteroatoms. The predicted octanol–water partition coefficient (Wildman–Crippen LogP) is 1.97. The lowest BCUT2D eigenvalue weighted by Crippen LogP contribution is -2.18. The van der Waals surface area contributed by atoms with Gasteiger partial charge in [0.15, 0.2) is 0 Å². The number of aromatic nitrogens is 1. The zero-order valence-electron chi connectivity index (χ0n) is 9.11. The second-order valence-electron chi connectivity index (χ2n) is 3.76. The van der Waals surface area contributed by atoms with E-state index in [9.17, 15) is 4.79 Å². The molecule has 1 aromatic heterocycles. The summed E-state index contributed by atoms with van der Waals surface area (Å²) in [5.74, 6) is -0.506. The van der Waals surface area contributed by atoms with Crippen LogP contribution >= 0.6 is 0 Å². The van der Waals surface area contributed by atoms with Crippen LogP contribution in [0.3, 0.4) is 0 Å². The van der Waals surface area contributed by atoms with E-state index in [0.29, 0.717) is 5.56 Å². The molecule has 1 aromatic carbocycles. The monoisotopic (exact) mass is 216 g/mol. The molecular weight excluding hydrogens is 204 g/mol. The number of nitrogens with one attached hydrogen (secondary N) is 1. The Bertz CT molecular complexity index is 564. The van der Waals surface area contributed by atoms with Gasteiger partial charge < -0.3 is 0 Å². The number of hydrogen-bond acceptors (Lipinski definition) is 3. The first kappa shape index (κ1) is 10.6. The van der Waals surface area contributed by atoms with Crippen LogP contribution in [0.15, 0.2) is 24.4 Å². The second-order valence-corrected chi connectivity index (χ2v) is 3.76. The molecule has 2 aromatic rings. The highest BCUT2D eigenvalue weighted by atomic mass is 16.5. The number of hydroxylamine groups is 1. The fraction of sp³-hybridized carbons (Fsp3) is 0.167. The van der Waals surface area contributed by atoms with Gasteiger partial charge in [-0.15, -0.1) is 0 Å². The van der Waals surface area contributed by atoms with Gasteiger partial charge in [0.2, 0.25) is 0 Å². The quantitative estimate of drug-likeness (QED) is 0.566. The van der Waals surface area contributed by atoms with Gasteiger partial charge in [-0.1, -0.05) is 0 Å². The highest BCUT2D eigenvalue weighted by Crippen LogP contribution is 2.21. The highest BCUT2D eigenvalue weighted by Gasteiger charge is 2.09. The number of nitrogens with zero attached hydrogens (tertiary/aromatic N) is 1. The topological polar surface area (TPSA) is 62.2 Å². The Hall–Kier alpha value is -1.94. The van der Waals surface area contributed by atoms with Crippen molar-refractivity contribution < 1.29 is 10.0 Å². The van der Waals surface area contributed by atoms with E-state index in [1.54, 1.807) is 23.8 Å². The van der Waals surface area contributed by atoms with Crippen molar-refractivity contribution in [3.05, 3.63) is 41.1 Å². The summed E-state index contributed by atoms with van der Waals surface area (Å²) in [6.07, 6.45) is 1.75. The molecule has 0 saturated carbocycles. The van der Waals surface area contributed by atoms with E-state index < -0.39 is 5.91 Å². The molecule has 1 amide bonds. The molecule has 1 heterocycles. The molecule has 0 fully saturated rings. The Morgan fingerprint density at radius 2 is 2.06 bits per heavy atom. The van der Waals surface area contributed by atoms with Gasteiger partial charge in [0, 0.05) is 17.1 Å². The van der Waals surface area contributed by atoms with E-state index >= 15 is 0 Å². The standard InChI is InChI=1S/C12H12N2O2/c1-7-3-4-13-11-8(2)5-9(6-10(7)11)12(15)14-16/h3-6,16H,1-2H3,(H,14,15). The van der Waals surface area contributed by atoms with Crippen LogP contribution in [0.25, 0.3) is 10.9 Å². The molecule has 0 atom stereocenters. The van der Waals surface area contributed by atoms with Crippen molar-refractivity contribution >= 4 is 16.8 Å². The lowest BCUT2D eigenvalue weighted by molar-refractivity contribution is 0.0706. The second kappa shape index (κ2) is 3.90. The summed E-state index contributed by atoms with van der Waals surface area (Å²) in [6, 6.07) is 5.33. The Balaban J connectivity index is 2.75. The number of carbonyl (C=O) groups is 1. The number of benzene rings is 1. The first-order chi connectivity index (χ1) is 7.63. The fourth-order valence-electron chi connectivity index (χ4n) is 1.76. The van der Waals surface area contributed by atoms with Gasteiger partial charge in [0.25, 0.3) is 5.91 Å². The minimum absolute atomic E-state index is 0.434. The zero-order valence-corrected chi connectivity index (χ0v) is 9.11. The van der Waals surface area contributed by atoms with Crippen molar-refractivity contribution in [1.29, 1.82) is 0 Å². The van der Waals surface area contributed by atoms with Crippen LogP contribution < -0.4 is 5.48 Å². The minimum Gasteiger partial charge on any atom is -0.288 e. The van der Waals surface area contributed by atoms with Gasteiger partial charge >= 0.3 is 0 Å². The van der Waals surface area contributed by atoms with Crippen LogP contribution in [-0.2, 0) is 0 Å². The van der Waals surface area contributed by atoms with E-state index in [2.05, 4.69) is 4.98 Å². The number of rotatable bonds is 1. The van der Waals surface area contributed by atoms with Gasteiger partial charge in [0.1, 0.15) is 0 Å². The molecule has 0 aliphatic heterocycles. The first-order valence-corrected chi connectivity index (χ1v) is 4.94. The highest BCUT2D eigenvalue weighted by molar-refractivity contribution is 5.98. The fourth-order valence-corrected chi connectivity index (χ4v) is 1.76. The van der Waals surface area contributed by atoms with E-state index in [1.165, 1.54) is 0 Å². The minimum atomic E-state index is -0.506. The van der Waals surface area contributed by atoms with Crippen molar-refractivity contribution in [2.45, 2.75) is 13.8 Å². The van der Waals surface area contributed by atoms with Gasteiger partial charge in [-0.2, -0.15) is 0 Å². The van der Waals surface area contributed by atoms with E-state index in [-0.39, 0.29) is 0 Å². The largest absolute Gasteiger partial charge is 0.288 e. The third kappa shape index (κ3) is 1.63. The average Bonchev–Trinajstić information content (AvgIpc) is 2.29. The van der Waals surface area contributed by atoms with Crippen molar-refractivity contribution in [3.8, 4) is 0 Å². The zero-order chi connectivity index (χ0) is 11.7. The smallest absolute Gasteiger partial charge is 0.274 e. The summed E-state index contributed by atoms with van der Waals surface area (Å²) < 4.78 is 0. The Labute approximate surface area is 92.9 Å². The van der Waals surface area contributed by atoms with Crippen LogP contribution in [0.1, 0.15) is 21.5 Å². The van der Waals surface area contributed by atoms with Crippen molar-refractivity contribution in [2.75, 3.05) is 0 Å². The molecular formula is C12H12N2O2. The number of amides is 1. The molecule has 0 bridgehead atoms. The van der Waals surface area contributed by atoms with Gasteiger partial charge in [0.05, 0.1) is 5.52 Å². The maximum atomic E-state index is 11.3. The van der Waals surface area contributed by atoms with Gasteiger partial charge in [-0.05, 0) is 43.2 Å². The van der Waals surface area contributed by atoms with Crippen molar-refractivity contribution in [2.24, 2.45) is 0 Å². The van der Waals surface area contributed by atoms with Crippen LogP contribution in [0, 0.1) is 13.8 Å². The van der Waals surface area contributed by atoms with E-state index in [0.717, 1.165) is 22.0 Å². The van der Waals surface area contributed by atoms with Crippen LogP contribution in [0.2, 0.25) is 0 Å². The number of hydrogen-bond donors (Lipinski definition) is 2. The van der Waals surface area contributed by atoms with Gasteiger partial charge in [-0.25, -0.2) is 5.48 Å². The molecule has 16 heavy (non-hydrogen) atoms. The van der Waals surface area contributed by atoms with E-state index in [4.69, 9.17) is 5.21 Å². The average molecular weight is 216 g/mol. The molecule has 0 aliphatic carbocycles. The number of pyridine rings is 1. The number of carbonyl (C=O) groups excluding carboxylic acids is 1. The van der Waals surface area contributed by atoms with Crippen LogP contribution in [-0.4, -0.2) is 16.1 Å². The summed E-state index contributed by atoms with van der Waals surface area (Å²) >= 11 is 0. The molecule has 0 spiro atoms. The maximum absolute atomic E-state index is 11.3. The summed E-state index contributed by atoms with van der Waals surface area (Å²) in [6.45, 7) is 3.85. The third-order valence-electron chi connectivity index (χ3n) is 2.62. The molecule has 0 radical (unpaired) electrons. The molecule has 2 rings (SSSR count). The maximum Gasteiger partial charge on any atom is 0.274 e. The Kier molecular flexibility index (Phi) is 2.58. The van der Waals surface area contributed by atoms with Crippen LogP contribution in [0.4, 0.5) is 0 Å². The Morgan fingerprint density at radius 3 is 2.75 bits per heavy atom. The summed E-state index contributed by atoms with van der Waals surface area (Å²) in [7, 11) is 0. The third-order valence-corrected chi connectivity index (χ3v) is 2.62. The normalized spacial score (nSPS) is 10.4. The molecule has 0 aliphatic rings. The SMILES string of the molecule is Cc1ccnc2c(C)cc(C(=O)NO)cc12. The summed E-state index contributed by atoms with van der Waals surface area (Å²) in [5, 5.41) is 9.54. The molecule has 0 unspecified atom stereocenters. The van der Waals surface area contributed by atoms with Crippen molar-refractivity contribution in [3.63, 3.8) is 0 Å². The van der Waals surface area contributed by atoms with Crippen LogP contribution in [0.5, 0.6) is 0 Å². The van der Waals surface area contributed by atoms with E-state index in [1.807, 2.05) is 19.9 Å². The Morgan fingerprint density at radius 1 is 1.31 bits per heavy atom. The van der Waals surface area contributed by atoms with Crippen molar-refractivity contribution in [1.82, 2.24) is 10.5 Å². The summed E-state index contributed by atoms with van der Waals surface area (Å²) in [4.78, 5) is 15.6.